The number of pyridine rings is 1. The first-order valence-corrected chi connectivity index (χ1v) is 7.20. The third-order valence-corrected chi connectivity index (χ3v) is 3.30. The maximum Gasteiger partial charge on any atom is 0.224 e. The molecule has 0 saturated carbocycles. The highest BCUT2D eigenvalue weighted by molar-refractivity contribution is 5.90. The van der Waals surface area contributed by atoms with Crippen molar-refractivity contribution < 1.29 is 14.6 Å². The monoisotopic (exact) mass is 300 g/mol. The Morgan fingerprint density at radius 2 is 2.18 bits per heavy atom. The number of aryl methyl sites for hydroxylation is 1. The minimum Gasteiger partial charge on any atom is -0.496 e. The number of carbonyl (C=O) groups is 1. The second-order valence-electron chi connectivity index (χ2n) is 4.91. The summed E-state index contributed by atoms with van der Waals surface area (Å²) in [4.78, 5) is 16.2. The zero-order valence-corrected chi connectivity index (χ0v) is 12.6. The van der Waals surface area contributed by atoms with E-state index >= 15 is 0 Å². The van der Waals surface area contributed by atoms with Crippen LogP contribution in [0.3, 0.4) is 0 Å². The van der Waals surface area contributed by atoms with Gasteiger partial charge in [-0.2, -0.15) is 0 Å². The van der Waals surface area contributed by atoms with Gasteiger partial charge in [0.25, 0.3) is 0 Å². The van der Waals surface area contributed by atoms with E-state index in [1.54, 1.807) is 31.5 Å². The molecule has 0 spiro atoms. The summed E-state index contributed by atoms with van der Waals surface area (Å²) in [6.45, 7) is -0.132. The fourth-order valence-corrected chi connectivity index (χ4v) is 2.18. The molecule has 1 heterocycles. The van der Waals surface area contributed by atoms with Crippen LogP contribution in [0.5, 0.6) is 5.75 Å². The fourth-order valence-electron chi connectivity index (χ4n) is 2.18. The largest absolute Gasteiger partial charge is 0.496 e. The van der Waals surface area contributed by atoms with Gasteiger partial charge in [0.15, 0.2) is 0 Å². The van der Waals surface area contributed by atoms with Crippen molar-refractivity contribution in [3.63, 3.8) is 0 Å². The van der Waals surface area contributed by atoms with Gasteiger partial charge in [-0.1, -0.05) is 6.07 Å². The molecule has 116 valence electrons. The number of aromatic nitrogens is 1. The van der Waals surface area contributed by atoms with Crippen LogP contribution in [0.4, 0.5) is 5.69 Å². The van der Waals surface area contributed by atoms with Gasteiger partial charge in [0.1, 0.15) is 5.75 Å². The van der Waals surface area contributed by atoms with E-state index in [1.165, 1.54) is 0 Å². The maximum absolute atomic E-state index is 11.9. The quantitative estimate of drug-likeness (QED) is 0.824. The van der Waals surface area contributed by atoms with E-state index in [-0.39, 0.29) is 12.5 Å². The predicted molar refractivity (Wildman–Crippen MR) is 84.7 cm³/mol. The van der Waals surface area contributed by atoms with Crippen molar-refractivity contribution >= 4 is 11.6 Å². The average molecular weight is 300 g/mol. The van der Waals surface area contributed by atoms with E-state index in [2.05, 4.69) is 10.3 Å². The van der Waals surface area contributed by atoms with Crippen molar-refractivity contribution in [1.82, 2.24) is 4.98 Å². The van der Waals surface area contributed by atoms with Crippen LogP contribution in [-0.2, 0) is 17.8 Å². The molecule has 5 nitrogen and oxygen atoms in total. The number of hydrogen-bond donors (Lipinski definition) is 2. The minimum atomic E-state index is -0.132. The number of nitrogens with zero attached hydrogens (tertiary/aromatic N) is 1. The number of ether oxygens (including phenoxy) is 1. The van der Waals surface area contributed by atoms with E-state index in [4.69, 9.17) is 4.74 Å². The molecule has 0 bridgehead atoms. The SMILES string of the molecule is COc1ccc(NC(=O)CCCc2ccccn2)cc1CO. The topological polar surface area (TPSA) is 71.5 Å². The summed E-state index contributed by atoms with van der Waals surface area (Å²) in [7, 11) is 1.55. The van der Waals surface area contributed by atoms with Gasteiger partial charge in [0.05, 0.1) is 13.7 Å². The van der Waals surface area contributed by atoms with Gasteiger partial charge in [-0.05, 0) is 43.2 Å². The summed E-state index contributed by atoms with van der Waals surface area (Å²) in [5, 5.41) is 12.1. The molecule has 2 aromatic rings. The standard InChI is InChI=1S/C17H20N2O3/c1-22-16-9-8-15(11-13(16)12-20)19-17(21)7-4-6-14-5-2-3-10-18-14/h2-3,5,8-11,20H,4,6-7,12H2,1H3,(H,19,21). The number of amides is 1. The van der Waals surface area contributed by atoms with E-state index in [1.807, 2.05) is 18.2 Å². The van der Waals surface area contributed by atoms with Crippen molar-refractivity contribution in [2.75, 3.05) is 12.4 Å². The van der Waals surface area contributed by atoms with Crippen LogP contribution >= 0.6 is 0 Å². The molecule has 0 saturated heterocycles. The van der Waals surface area contributed by atoms with E-state index in [0.717, 1.165) is 18.5 Å². The van der Waals surface area contributed by atoms with Crippen molar-refractivity contribution in [3.05, 3.63) is 53.9 Å². The first-order chi connectivity index (χ1) is 10.7. The molecule has 22 heavy (non-hydrogen) atoms. The Labute approximate surface area is 130 Å². The molecule has 5 heteroatoms. The molecule has 0 aliphatic rings. The second-order valence-corrected chi connectivity index (χ2v) is 4.91. The zero-order chi connectivity index (χ0) is 15.8. The molecule has 0 radical (unpaired) electrons. The second kappa shape index (κ2) is 8.14. The Bertz CT molecular complexity index is 615. The van der Waals surface area contributed by atoms with E-state index in [9.17, 15) is 9.90 Å². The predicted octanol–water partition coefficient (Wildman–Crippen LogP) is 2.54. The number of nitrogens with one attached hydrogen (secondary N) is 1. The van der Waals surface area contributed by atoms with E-state index in [0.29, 0.717) is 23.4 Å². The van der Waals surface area contributed by atoms with Crippen LogP contribution in [0.2, 0.25) is 0 Å². The number of rotatable bonds is 7. The molecule has 1 aromatic carbocycles. The van der Waals surface area contributed by atoms with Crippen molar-refractivity contribution in [2.24, 2.45) is 0 Å². The van der Waals surface area contributed by atoms with Gasteiger partial charge in [-0.3, -0.25) is 9.78 Å². The molecule has 2 N–H and O–H groups in total. The van der Waals surface area contributed by atoms with Crippen LogP contribution in [-0.4, -0.2) is 23.1 Å². The molecular formula is C17H20N2O3. The lowest BCUT2D eigenvalue weighted by Gasteiger charge is -2.10. The molecule has 0 atom stereocenters. The molecule has 0 unspecified atom stereocenters. The van der Waals surface area contributed by atoms with Crippen LogP contribution in [0.25, 0.3) is 0 Å². The van der Waals surface area contributed by atoms with Gasteiger partial charge in [-0.25, -0.2) is 0 Å². The summed E-state index contributed by atoms with van der Waals surface area (Å²) < 4.78 is 5.13. The fraction of sp³-hybridized carbons (Fsp3) is 0.294. The van der Waals surface area contributed by atoms with Crippen LogP contribution in [0.15, 0.2) is 42.6 Å². The summed E-state index contributed by atoms with van der Waals surface area (Å²) in [6, 6.07) is 11.0. The molecule has 0 fully saturated rings. The number of benzene rings is 1. The molecular weight excluding hydrogens is 280 g/mol. The number of aliphatic hydroxyl groups excluding tert-OH is 1. The average Bonchev–Trinajstić information content (AvgIpc) is 2.55. The number of carbonyl (C=O) groups excluding carboxylic acids is 1. The molecule has 0 aliphatic heterocycles. The van der Waals surface area contributed by atoms with Crippen LogP contribution < -0.4 is 10.1 Å². The van der Waals surface area contributed by atoms with Crippen molar-refractivity contribution in [1.29, 1.82) is 0 Å². The molecule has 2 rings (SSSR count). The smallest absolute Gasteiger partial charge is 0.224 e. The van der Waals surface area contributed by atoms with E-state index < -0.39 is 0 Å². The third kappa shape index (κ3) is 4.56. The maximum atomic E-state index is 11.9. The molecule has 1 amide bonds. The van der Waals surface area contributed by atoms with Crippen molar-refractivity contribution in [2.45, 2.75) is 25.9 Å². The third-order valence-electron chi connectivity index (χ3n) is 3.30. The highest BCUT2D eigenvalue weighted by Gasteiger charge is 2.07. The van der Waals surface area contributed by atoms with Gasteiger partial charge in [0, 0.05) is 29.6 Å². The zero-order valence-electron chi connectivity index (χ0n) is 12.6. The highest BCUT2D eigenvalue weighted by atomic mass is 16.5. The summed E-state index contributed by atoms with van der Waals surface area (Å²) in [5.74, 6) is 0.556. The Balaban J connectivity index is 1.84. The lowest BCUT2D eigenvalue weighted by molar-refractivity contribution is -0.116. The Morgan fingerprint density at radius 3 is 2.86 bits per heavy atom. The van der Waals surface area contributed by atoms with Gasteiger partial charge >= 0.3 is 0 Å². The summed E-state index contributed by atoms with van der Waals surface area (Å²) >= 11 is 0. The van der Waals surface area contributed by atoms with Gasteiger partial charge in [-0.15, -0.1) is 0 Å². The Morgan fingerprint density at radius 1 is 1.32 bits per heavy atom. The number of anilines is 1. The molecule has 0 aliphatic carbocycles. The lowest BCUT2D eigenvalue weighted by atomic mass is 10.1. The first-order valence-electron chi connectivity index (χ1n) is 7.20. The van der Waals surface area contributed by atoms with Crippen LogP contribution in [0.1, 0.15) is 24.1 Å². The summed E-state index contributed by atoms with van der Waals surface area (Å²) in [6.07, 6.45) is 3.70. The Hall–Kier alpha value is -2.40. The number of methoxy groups -OCH3 is 1. The normalized spacial score (nSPS) is 10.3. The van der Waals surface area contributed by atoms with Gasteiger partial charge < -0.3 is 15.2 Å². The molecule has 1 aromatic heterocycles. The lowest BCUT2D eigenvalue weighted by Crippen LogP contribution is -2.12. The number of aliphatic hydroxyl groups is 1. The first kappa shape index (κ1) is 16.0. The van der Waals surface area contributed by atoms with Crippen LogP contribution in [0, 0.1) is 0 Å². The highest BCUT2D eigenvalue weighted by Crippen LogP contribution is 2.22. The number of hydrogen-bond acceptors (Lipinski definition) is 4. The van der Waals surface area contributed by atoms with Gasteiger partial charge in [0.2, 0.25) is 5.91 Å². The minimum absolute atomic E-state index is 0.0509. The summed E-state index contributed by atoms with van der Waals surface area (Å²) in [5.41, 5.74) is 2.30. The van der Waals surface area contributed by atoms with Crippen molar-refractivity contribution in [3.8, 4) is 5.75 Å². The Kier molecular flexibility index (Phi) is 5.91.